The molecule has 0 saturated carbocycles. The molecule has 1 heterocycles. The number of hydrogen-bond donors (Lipinski definition) is 2. The maximum Gasteiger partial charge on any atom is 0.213 e. The van der Waals surface area contributed by atoms with Gasteiger partial charge in [-0.15, -0.1) is 0 Å². The molecule has 0 aliphatic heterocycles. The number of nitrogens with zero attached hydrogens (tertiary/aromatic N) is 1. The Labute approximate surface area is 94.7 Å². The van der Waals surface area contributed by atoms with Crippen molar-refractivity contribution >= 4 is 28.1 Å². The van der Waals surface area contributed by atoms with Crippen LogP contribution in [0.4, 0.5) is 0 Å². The van der Waals surface area contributed by atoms with Crippen LogP contribution in [-0.2, 0) is 0 Å². The lowest BCUT2D eigenvalue weighted by atomic mass is 10.1. The van der Waals surface area contributed by atoms with Gasteiger partial charge >= 0.3 is 0 Å². The van der Waals surface area contributed by atoms with Crippen LogP contribution in [0.5, 0.6) is 0 Å². The molecule has 0 radical (unpaired) electrons. The highest BCUT2D eigenvalue weighted by Crippen LogP contribution is 2.22. The summed E-state index contributed by atoms with van der Waals surface area (Å²) in [4.78, 5) is 4.13. The second-order valence-corrected chi connectivity index (χ2v) is 4.22. The summed E-state index contributed by atoms with van der Waals surface area (Å²) in [6.45, 7) is 2.04. The number of H-pyrrole nitrogens is 2. The first kappa shape index (κ1) is 9.61. The van der Waals surface area contributed by atoms with E-state index >= 15 is 0 Å². The Morgan fingerprint density at radius 3 is 2.71 bits per heavy atom. The van der Waals surface area contributed by atoms with Crippen molar-refractivity contribution in [3.63, 3.8) is 0 Å². The summed E-state index contributed by atoms with van der Waals surface area (Å²) < 4.78 is 1.54. The van der Waals surface area contributed by atoms with Crippen molar-refractivity contribution < 1.29 is 0 Å². The Morgan fingerprint density at radius 1 is 1.36 bits per heavy atom. The van der Waals surface area contributed by atoms with Crippen molar-refractivity contribution in [1.82, 2.24) is 15.2 Å². The Balaban J connectivity index is 2.52. The van der Waals surface area contributed by atoms with E-state index in [9.17, 15) is 0 Å². The van der Waals surface area contributed by atoms with E-state index in [1.54, 1.807) is 0 Å². The van der Waals surface area contributed by atoms with Crippen LogP contribution in [0.25, 0.3) is 11.4 Å². The predicted octanol–water partition coefficient (Wildman–Crippen LogP) is 3.21. The molecule has 0 spiro atoms. The third-order valence-electron chi connectivity index (χ3n) is 1.95. The zero-order chi connectivity index (χ0) is 10.1. The topological polar surface area (TPSA) is 44.5 Å². The van der Waals surface area contributed by atoms with Gasteiger partial charge in [-0.2, -0.15) is 4.98 Å². The minimum atomic E-state index is 0.469. The molecule has 14 heavy (non-hydrogen) atoms. The van der Waals surface area contributed by atoms with Crippen LogP contribution in [0.1, 0.15) is 5.56 Å². The van der Waals surface area contributed by atoms with Crippen LogP contribution < -0.4 is 0 Å². The van der Waals surface area contributed by atoms with Gasteiger partial charge in [-0.25, -0.2) is 0 Å². The quantitative estimate of drug-likeness (QED) is 0.781. The lowest BCUT2D eigenvalue weighted by molar-refractivity contribution is 1.08. The maximum atomic E-state index is 4.88. The molecule has 0 fully saturated rings. The zero-order valence-corrected chi connectivity index (χ0v) is 9.87. The van der Waals surface area contributed by atoms with E-state index in [4.69, 9.17) is 12.2 Å². The molecule has 2 N–H and O–H groups in total. The standard InChI is InChI=1S/C9H8BrN3S/c1-5-2-3-6(4-7(5)10)8-11-9(14)13-12-8/h2-4H,1H3,(H2,11,12,13,14). The highest BCUT2D eigenvalue weighted by atomic mass is 79.9. The third-order valence-corrected chi connectivity index (χ3v) is 2.99. The monoisotopic (exact) mass is 269 g/mol. The number of benzene rings is 1. The molecule has 72 valence electrons. The maximum absolute atomic E-state index is 4.88. The summed E-state index contributed by atoms with van der Waals surface area (Å²) in [5.74, 6) is 0.760. The lowest BCUT2D eigenvalue weighted by Crippen LogP contribution is -1.82. The van der Waals surface area contributed by atoms with Crippen LogP contribution in [0.15, 0.2) is 22.7 Å². The molecule has 2 aromatic rings. The van der Waals surface area contributed by atoms with Crippen LogP contribution in [0.2, 0.25) is 0 Å². The highest BCUT2D eigenvalue weighted by Gasteiger charge is 2.02. The lowest BCUT2D eigenvalue weighted by Gasteiger charge is -2.00. The fourth-order valence-electron chi connectivity index (χ4n) is 1.15. The number of aryl methyl sites for hydroxylation is 1. The van der Waals surface area contributed by atoms with Crippen molar-refractivity contribution in [3.05, 3.63) is 33.0 Å². The predicted molar refractivity (Wildman–Crippen MR) is 61.6 cm³/mol. The molecule has 2 rings (SSSR count). The van der Waals surface area contributed by atoms with Crippen molar-refractivity contribution in [1.29, 1.82) is 0 Å². The van der Waals surface area contributed by atoms with Crippen molar-refractivity contribution in [2.24, 2.45) is 0 Å². The first-order chi connectivity index (χ1) is 6.66. The smallest absolute Gasteiger partial charge is 0.213 e. The fraction of sp³-hybridized carbons (Fsp3) is 0.111. The number of aromatic nitrogens is 3. The summed E-state index contributed by atoms with van der Waals surface area (Å²) in [5.41, 5.74) is 2.21. The SMILES string of the molecule is Cc1ccc(-c2nc(=S)[nH][nH]2)cc1Br. The van der Waals surface area contributed by atoms with Crippen molar-refractivity contribution in [2.45, 2.75) is 6.92 Å². The van der Waals surface area contributed by atoms with Crippen LogP contribution in [0.3, 0.4) is 0 Å². The molecule has 0 aliphatic rings. The average molecular weight is 270 g/mol. The first-order valence-electron chi connectivity index (χ1n) is 4.08. The van der Waals surface area contributed by atoms with Crippen LogP contribution >= 0.6 is 28.1 Å². The summed E-state index contributed by atoms with van der Waals surface area (Å²) in [6, 6.07) is 6.04. The van der Waals surface area contributed by atoms with Gasteiger partial charge in [0, 0.05) is 10.0 Å². The third kappa shape index (κ3) is 1.78. The van der Waals surface area contributed by atoms with Gasteiger partial charge in [0.1, 0.15) is 0 Å². The average Bonchev–Trinajstić information content (AvgIpc) is 2.57. The van der Waals surface area contributed by atoms with E-state index in [0.29, 0.717) is 4.77 Å². The van der Waals surface area contributed by atoms with Gasteiger partial charge in [0.05, 0.1) is 0 Å². The number of aromatic amines is 2. The van der Waals surface area contributed by atoms with E-state index in [-0.39, 0.29) is 0 Å². The Bertz CT molecular complexity index is 515. The number of hydrogen-bond acceptors (Lipinski definition) is 2. The molecular weight excluding hydrogens is 262 g/mol. The van der Waals surface area contributed by atoms with E-state index in [2.05, 4.69) is 31.1 Å². The van der Waals surface area contributed by atoms with Gasteiger partial charge in [0.15, 0.2) is 5.82 Å². The van der Waals surface area contributed by atoms with E-state index in [1.807, 2.05) is 25.1 Å². The highest BCUT2D eigenvalue weighted by molar-refractivity contribution is 9.10. The van der Waals surface area contributed by atoms with Crippen LogP contribution in [-0.4, -0.2) is 15.2 Å². The second-order valence-electron chi connectivity index (χ2n) is 2.98. The Morgan fingerprint density at radius 2 is 2.14 bits per heavy atom. The van der Waals surface area contributed by atoms with Gasteiger partial charge in [-0.05, 0) is 30.8 Å². The molecular formula is C9H8BrN3S. The molecule has 0 bridgehead atoms. The second kappa shape index (κ2) is 3.67. The summed E-state index contributed by atoms with van der Waals surface area (Å²) in [5, 5.41) is 5.67. The molecule has 0 unspecified atom stereocenters. The number of halogens is 1. The normalized spacial score (nSPS) is 10.4. The summed E-state index contributed by atoms with van der Waals surface area (Å²) in [6.07, 6.45) is 0. The van der Waals surface area contributed by atoms with Gasteiger partial charge in [0.25, 0.3) is 0 Å². The van der Waals surface area contributed by atoms with E-state index in [1.165, 1.54) is 5.56 Å². The van der Waals surface area contributed by atoms with Crippen molar-refractivity contribution in [2.75, 3.05) is 0 Å². The first-order valence-corrected chi connectivity index (χ1v) is 5.28. The Kier molecular flexibility index (Phi) is 2.52. The fourth-order valence-corrected chi connectivity index (χ4v) is 1.67. The zero-order valence-electron chi connectivity index (χ0n) is 7.47. The molecule has 0 atom stereocenters. The number of nitrogens with one attached hydrogen (secondary N) is 2. The molecule has 5 heteroatoms. The van der Waals surface area contributed by atoms with Crippen molar-refractivity contribution in [3.8, 4) is 11.4 Å². The van der Waals surface area contributed by atoms with Gasteiger partial charge in [0.2, 0.25) is 4.77 Å². The minimum Gasteiger partial charge on any atom is -0.282 e. The molecule has 0 amide bonds. The summed E-state index contributed by atoms with van der Waals surface area (Å²) in [7, 11) is 0. The molecule has 1 aromatic heterocycles. The number of rotatable bonds is 1. The largest absolute Gasteiger partial charge is 0.282 e. The Hall–Kier alpha value is -0.940. The van der Waals surface area contributed by atoms with Gasteiger partial charge < -0.3 is 0 Å². The summed E-state index contributed by atoms with van der Waals surface area (Å²) >= 11 is 8.35. The van der Waals surface area contributed by atoms with Crippen LogP contribution in [0, 0.1) is 11.7 Å². The minimum absolute atomic E-state index is 0.469. The van der Waals surface area contributed by atoms with Gasteiger partial charge in [-0.3, -0.25) is 10.2 Å². The van der Waals surface area contributed by atoms with E-state index in [0.717, 1.165) is 15.9 Å². The molecule has 0 saturated heterocycles. The molecule has 0 aliphatic carbocycles. The van der Waals surface area contributed by atoms with Gasteiger partial charge in [-0.1, -0.05) is 28.1 Å². The van der Waals surface area contributed by atoms with E-state index < -0.39 is 0 Å². The molecule has 1 aromatic carbocycles. The molecule has 3 nitrogen and oxygen atoms in total.